The van der Waals surface area contributed by atoms with Crippen LogP contribution in [0.5, 0.6) is 0 Å². The van der Waals surface area contributed by atoms with Crippen molar-refractivity contribution in [2.24, 2.45) is 0 Å². The first-order valence-corrected chi connectivity index (χ1v) is 7.81. The number of aliphatic hydroxyl groups is 1. The summed E-state index contributed by atoms with van der Waals surface area (Å²) in [7, 11) is 0. The van der Waals surface area contributed by atoms with E-state index in [2.05, 4.69) is 0 Å². The summed E-state index contributed by atoms with van der Waals surface area (Å²) >= 11 is 0. The Bertz CT molecular complexity index is 645. The Morgan fingerprint density at radius 1 is 1.20 bits per heavy atom. The molecule has 2 amide bonds. The van der Waals surface area contributed by atoms with Crippen LogP contribution >= 0.6 is 0 Å². The molecule has 0 aromatic heterocycles. The van der Waals surface area contributed by atoms with Gasteiger partial charge in [-0.05, 0) is 12.1 Å². The lowest BCUT2D eigenvalue weighted by atomic mass is 10.1. The van der Waals surface area contributed by atoms with Crippen LogP contribution < -0.4 is 0 Å². The van der Waals surface area contributed by atoms with Gasteiger partial charge in [-0.25, -0.2) is 0 Å². The molecule has 1 aromatic rings. The molecule has 0 spiro atoms. The summed E-state index contributed by atoms with van der Waals surface area (Å²) in [4.78, 5) is 27.1. The van der Waals surface area contributed by atoms with Gasteiger partial charge in [0, 0.05) is 19.6 Å². The Morgan fingerprint density at radius 2 is 1.80 bits per heavy atom. The van der Waals surface area contributed by atoms with Crippen LogP contribution in [0.3, 0.4) is 0 Å². The molecule has 1 N–H and O–H groups in total. The number of carbonyl (C=O) groups excluding carboxylic acids is 2. The Morgan fingerprint density at radius 3 is 2.36 bits per heavy atom. The zero-order valence-electron chi connectivity index (χ0n) is 13.2. The van der Waals surface area contributed by atoms with Gasteiger partial charge in [-0.2, -0.15) is 13.2 Å². The van der Waals surface area contributed by atoms with Gasteiger partial charge in [0.25, 0.3) is 11.8 Å². The minimum absolute atomic E-state index is 0.0367. The maximum Gasteiger partial charge on any atom is 0.415 e. The molecule has 1 aromatic carbocycles. The van der Waals surface area contributed by atoms with Gasteiger partial charge in [0.1, 0.15) is 0 Å². The predicted octanol–water partition coefficient (Wildman–Crippen LogP) is 0.907. The van der Waals surface area contributed by atoms with Gasteiger partial charge in [0.2, 0.25) is 0 Å². The molecule has 0 unspecified atom stereocenters. The minimum Gasteiger partial charge on any atom is -0.382 e. The minimum atomic E-state index is -4.68. The molecule has 2 aliphatic rings. The predicted molar refractivity (Wildman–Crippen MR) is 80.1 cm³/mol. The fourth-order valence-corrected chi connectivity index (χ4v) is 3.01. The van der Waals surface area contributed by atoms with E-state index in [1.807, 2.05) is 0 Å². The number of halogens is 3. The molecule has 25 heavy (non-hydrogen) atoms. The summed E-state index contributed by atoms with van der Waals surface area (Å²) in [6, 6.07) is 6.43. The monoisotopic (exact) mass is 358 g/mol. The van der Waals surface area contributed by atoms with E-state index in [9.17, 15) is 27.9 Å². The third-order valence-electron chi connectivity index (χ3n) is 4.30. The van der Waals surface area contributed by atoms with E-state index in [1.54, 1.807) is 24.3 Å². The van der Waals surface area contributed by atoms with Crippen LogP contribution in [0, 0.1) is 0 Å². The number of morpholine rings is 1. The fraction of sp³-hybridized carbons (Fsp3) is 0.500. The number of amides is 2. The van der Waals surface area contributed by atoms with Crippen LogP contribution in [-0.4, -0.2) is 77.9 Å². The number of benzene rings is 1. The van der Waals surface area contributed by atoms with Crippen LogP contribution in [0.4, 0.5) is 13.2 Å². The fourth-order valence-electron chi connectivity index (χ4n) is 3.01. The third kappa shape index (κ3) is 3.68. The normalized spacial score (nSPS) is 23.0. The molecule has 9 heteroatoms. The summed E-state index contributed by atoms with van der Waals surface area (Å²) in [5, 5.41) is 9.18. The first-order chi connectivity index (χ1) is 11.8. The Kier molecular flexibility index (Phi) is 4.81. The highest BCUT2D eigenvalue weighted by Crippen LogP contribution is 2.24. The quantitative estimate of drug-likeness (QED) is 0.810. The molecule has 1 fully saturated rings. The van der Waals surface area contributed by atoms with E-state index < -0.39 is 36.7 Å². The van der Waals surface area contributed by atoms with Crippen molar-refractivity contribution in [3.8, 4) is 0 Å². The zero-order chi connectivity index (χ0) is 18.2. The van der Waals surface area contributed by atoms with Crippen molar-refractivity contribution in [3.05, 3.63) is 35.4 Å². The number of hydrogen-bond donors (Lipinski definition) is 1. The van der Waals surface area contributed by atoms with Crippen molar-refractivity contribution in [1.82, 2.24) is 9.80 Å². The van der Waals surface area contributed by atoms with E-state index in [0.29, 0.717) is 11.1 Å². The second-order valence-electron chi connectivity index (χ2n) is 6.08. The molecular formula is C16H17F3N2O4. The molecule has 0 aliphatic carbocycles. The van der Waals surface area contributed by atoms with Crippen molar-refractivity contribution in [3.63, 3.8) is 0 Å². The SMILES string of the molecule is O=C1c2ccccc2C(=O)N1C[C@H]1CN(C[C@H](O)C(F)(F)F)CCO1. The first-order valence-electron chi connectivity index (χ1n) is 7.81. The molecule has 3 rings (SSSR count). The van der Waals surface area contributed by atoms with Crippen LogP contribution in [0.15, 0.2) is 24.3 Å². The van der Waals surface area contributed by atoms with Crippen molar-refractivity contribution < 1.29 is 32.6 Å². The second kappa shape index (κ2) is 6.74. The lowest BCUT2D eigenvalue weighted by Gasteiger charge is -2.35. The second-order valence-corrected chi connectivity index (χ2v) is 6.08. The number of aliphatic hydroxyl groups excluding tert-OH is 1. The molecule has 2 heterocycles. The number of nitrogens with zero attached hydrogens (tertiary/aromatic N) is 2. The Labute approximate surface area is 141 Å². The van der Waals surface area contributed by atoms with E-state index in [4.69, 9.17) is 4.74 Å². The average Bonchev–Trinajstić information content (AvgIpc) is 2.80. The molecule has 1 saturated heterocycles. The van der Waals surface area contributed by atoms with Gasteiger partial charge < -0.3 is 9.84 Å². The smallest absolute Gasteiger partial charge is 0.382 e. The number of ether oxygens (including phenoxy) is 1. The molecule has 2 atom stereocenters. The van der Waals surface area contributed by atoms with Crippen molar-refractivity contribution in [2.75, 3.05) is 32.8 Å². The van der Waals surface area contributed by atoms with Crippen molar-refractivity contribution >= 4 is 11.8 Å². The molecule has 6 nitrogen and oxygen atoms in total. The van der Waals surface area contributed by atoms with E-state index in [1.165, 1.54) is 4.90 Å². The number of hydrogen-bond acceptors (Lipinski definition) is 5. The lowest BCUT2D eigenvalue weighted by Crippen LogP contribution is -2.52. The lowest BCUT2D eigenvalue weighted by molar-refractivity contribution is -0.211. The largest absolute Gasteiger partial charge is 0.415 e. The molecular weight excluding hydrogens is 341 g/mol. The van der Waals surface area contributed by atoms with Gasteiger partial charge >= 0.3 is 6.18 Å². The first kappa shape index (κ1) is 17.8. The third-order valence-corrected chi connectivity index (χ3v) is 4.30. The van der Waals surface area contributed by atoms with Crippen molar-refractivity contribution in [2.45, 2.75) is 18.4 Å². The van der Waals surface area contributed by atoms with Gasteiger partial charge in [-0.1, -0.05) is 12.1 Å². The molecule has 2 aliphatic heterocycles. The zero-order valence-corrected chi connectivity index (χ0v) is 13.2. The number of alkyl halides is 3. The number of rotatable bonds is 4. The number of β-amino-alcohol motifs (C(OH)–C–C–N with tert-alkyl or cyclic N) is 1. The molecule has 136 valence electrons. The van der Waals surface area contributed by atoms with Crippen LogP contribution in [0.25, 0.3) is 0 Å². The molecule has 0 saturated carbocycles. The highest BCUT2D eigenvalue weighted by Gasteiger charge is 2.41. The summed E-state index contributed by atoms with van der Waals surface area (Å²) in [5.41, 5.74) is 0.625. The maximum atomic E-state index is 12.5. The summed E-state index contributed by atoms with van der Waals surface area (Å²) in [6.45, 7) is -0.0961. The van der Waals surface area contributed by atoms with E-state index in [-0.39, 0.29) is 26.2 Å². The van der Waals surface area contributed by atoms with Gasteiger partial charge in [0.05, 0.1) is 30.4 Å². The van der Waals surface area contributed by atoms with Gasteiger partial charge in [0.15, 0.2) is 6.10 Å². The summed E-state index contributed by atoms with van der Waals surface area (Å²) in [6.07, 6.45) is -7.72. The maximum absolute atomic E-state index is 12.5. The standard InChI is InChI=1S/C16H17F3N2O4/c17-16(18,19)13(22)9-20-5-6-25-10(7-20)8-21-14(23)11-3-1-2-4-12(11)15(21)24/h1-4,10,13,22H,5-9H2/t10-,13+/m1/s1. The average molecular weight is 358 g/mol. The summed E-state index contributed by atoms with van der Waals surface area (Å²) in [5.74, 6) is -0.867. The number of carbonyl (C=O) groups is 2. The summed E-state index contributed by atoms with van der Waals surface area (Å²) < 4.78 is 42.9. The van der Waals surface area contributed by atoms with Crippen LogP contribution in [-0.2, 0) is 4.74 Å². The van der Waals surface area contributed by atoms with Crippen molar-refractivity contribution in [1.29, 1.82) is 0 Å². The number of fused-ring (bicyclic) bond motifs is 1. The van der Waals surface area contributed by atoms with Crippen LogP contribution in [0.2, 0.25) is 0 Å². The molecule has 0 bridgehead atoms. The highest BCUT2D eigenvalue weighted by atomic mass is 19.4. The van der Waals surface area contributed by atoms with Gasteiger partial charge in [-0.3, -0.25) is 19.4 Å². The van der Waals surface area contributed by atoms with Gasteiger partial charge in [-0.15, -0.1) is 0 Å². The number of imide groups is 1. The van der Waals surface area contributed by atoms with Crippen LogP contribution in [0.1, 0.15) is 20.7 Å². The highest BCUT2D eigenvalue weighted by molar-refractivity contribution is 6.21. The molecule has 0 radical (unpaired) electrons. The Hall–Kier alpha value is -1.97. The van der Waals surface area contributed by atoms with E-state index >= 15 is 0 Å². The topological polar surface area (TPSA) is 70.1 Å². The Balaban J connectivity index is 1.62. The van der Waals surface area contributed by atoms with E-state index in [0.717, 1.165) is 4.90 Å².